The zero-order valence-corrected chi connectivity index (χ0v) is 15.0. The van der Waals surface area contributed by atoms with E-state index in [1.807, 2.05) is 42.5 Å². The minimum atomic E-state index is -0.232. The van der Waals surface area contributed by atoms with E-state index in [1.165, 1.54) is 0 Å². The normalized spacial score (nSPS) is 16.6. The van der Waals surface area contributed by atoms with Crippen molar-refractivity contribution in [3.8, 4) is 11.4 Å². The molecule has 7 nitrogen and oxygen atoms in total. The minimum Gasteiger partial charge on any atom is -0.337 e. The Morgan fingerprint density at radius 3 is 2.79 bits per heavy atom. The lowest BCUT2D eigenvalue weighted by atomic mass is 10.1. The number of aromatic nitrogens is 4. The molecule has 0 bridgehead atoms. The molecule has 1 saturated heterocycles. The Balaban J connectivity index is 1.47. The maximum Gasteiger partial charge on any atom is 0.256 e. The third-order valence-corrected chi connectivity index (χ3v) is 5.00. The van der Waals surface area contributed by atoms with Crippen LogP contribution in [0.2, 0.25) is 0 Å². The number of rotatable bonds is 3. The number of fused-ring (bicyclic) bond motifs is 1. The summed E-state index contributed by atoms with van der Waals surface area (Å²) in [6, 6.07) is 14.9. The summed E-state index contributed by atoms with van der Waals surface area (Å²) in [6.45, 7) is 0.642. The van der Waals surface area contributed by atoms with E-state index in [9.17, 15) is 4.79 Å². The number of benzene rings is 2. The second-order valence-electron chi connectivity index (χ2n) is 6.71. The Morgan fingerprint density at radius 2 is 1.89 bits per heavy atom. The molecule has 7 heteroatoms. The number of likely N-dealkylation sites (tertiary alicyclic amines) is 1. The number of hydrogen-bond acceptors (Lipinski definition) is 6. The minimum absolute atomic E-state index is 0.0898. The molecule has 5 rings (SSSR count). The fourth-order valence-corrected chi connectivity index (χ4v) is 3.66. The zero-order valence-electron chi connectivity index (χ0n) is 15.0. The molecule has 4 aromatic rings. The molecule has 0 spiro atoms. The van der Waals surface area contributed by atoms with Gasteiger partial charge in [0, 0.05) is 24.5 Å². The van der Waals surface area contributed by atoms with Gasteiger partial charge in [0.25, 0.3) is 5.91 Å². The van der Waals surface area contributed by atoms with Crippen LogP contribution in [0.15, 0.2) is 65.4 Å². The summed E-state index contributed by atoms with van der Waals surface area (Å²) in [5, 5.41) is 4.10. The molecular weight excluding hydrogens is 354 g/mol. The summed E-state index contributed by atoms with van der Waals surface area (Å²) in [5.41, 5.74) is 2.74. The molecule has 138 valence electrons. The average molecular weight is 371 g/mol. The molecule has 1 aliphatic heterocycles. The van der Waals surface area contributed by atoms with E-state index in [0.717, 1.165) is 18.4 Å². The summed E-state index contributed by atoms with van der Waals surface area (Å²) >= 11 is 0. The number of carbonyl (C=O) groups is 1. The number of nitrogens with zero attached hydrogens (tertiary/aromatic N) is 5. The van der Waals surface area contributed by atoms with Crippen molar-refractivity contribution in [1.82, 2.24) is 25.0 Å². The first-order valence-electron chi connectivity index (χ1n) is 9.21. The van der Waals surface area contributed by atoms with Crippen LogP contribution in [0.4, 0.5) is 0 Å². The smallest absolute Gasteiger partial charge is 0.256 e. The molecule has 28 heavy (non-hydrogen) atoms. The second-order valence-corrected chi connectivity index (χ2v) is 6.71. The molecule has 2 aromatic heterocycles. The maximum absolute atomic E-state index is 13.3. The van der Waals surface area contributed by atoms with Gasteiger partial charge in [0.05, 0.1) is 11.1 Å². The van der Waals surface area contributed by atoms with Gasteiger partial charge in [-0.05, 0) is 25.0 Å². The van der Waals surface area contributed by atoms with Gasteiger partial charge in [-0.25, -0.2) is 0 Å². The lowest BCUT2D eigenvalue weighted by Gasteiger charge is -2.22. The quantitative estimate of drug-likeness (QED) is 0.546. The highest BCUT2D eigenvalue weighted by molar-refractivity contribution is 6.04. The summed E-state index contributed by atoms with van der Waals surface area (Å²) in [6.07, 6.45) is 4.90. The lowest BCUT2D eigenvalue weighted by Crippen LogP contribution is -2.31. The molecule has 2 aromatic carbocycles. The van der Waals surface area contributed by atoms with Crippen LogP contribution < -0.4 is 0 Å². The predicted molar refractivity (Wildman–Crippen MR) is 102 cm³/mol. The molecule has 0 aliphatic carbocycles. The van der Waals surface area contributed by atoms with Crippen molar-refractivity contribution in [3.63, 3.8) is 0 Å². The van der Waals surface area contributed by atoms with Crippen molar-refractivity contribution in [2.75, 3.05) is 6.54 Å². The van der Waals surface area contributed by atoms with Gasteiger partial charge in [-0.3, -0.25) is 14.8 Å². The van der Waals surface area contributed by atoms with Crippen molar-refractivity contribution < 1.29 is 9.32 Å². The van der Waals surface area contributed by atoms with Crippen molar-refractivity contribution in [1.29, 1.82) is 0 Å². The highest BCUT2D eigenvalue weighted by Crippen LogP contribution is 2.34. The van der Waals surface area contributed by atoms with E-state index in [2.05, 4.69) is 20.1 Å². The zero-order chi connectivity index (χ0) is 18.9. The topological polar surface area (TPSA) is 85.0 Å². The van der Waals surface area contributed by atoms with Crippen LogP contribution in [0, 0.1) is 0 Å². The fraction of sp³-hybridized carbons (Fsp3) is 0.190. The predicted octanol–water partition coefficient (Wildman–Crippen LogP) is 3.66. The fourth-order valence-electron chi connectivity index (χ4n) is 3.66. The number of amides is 1. The first-order chi connectivity index (χ1) is 13.8. The molecular formula is C21H17N5O2. The van der Waals surface area contributed by atoms with Gasteiger partial charge >= 0.3 is 0 Å². The number of carbonyl (C=O) groups excluding carboxylic acids is 1. The molecule has 1 aliphatic rings. The van der Waals surface area contributed by atoms with Crippen molar-refractivity contribution in [2.45, 2.75) is 18.9 Å². The molecule has 0 N–H and O–H groups in total. The Kier molecular flexibility index (Phi) is 4.05. The lowest BCUT2D eigenvalue weighted by molar-refractivity contribution is 0.0712. The van der Waals surface area contributed by atoms with Crippen molar-refractivity contribution >= 4 is 16.9 Å². The molecule has 1 amide bonds. The van der Waals surface area contributed by atoms with Crippen LogP contribution in [0.5, 0.6) is 0 Å². The van der Waals surface area contributed by atoms with Crippen molar-refractivity contribution in [3.05, 3.63) is 72.4 Å². The Hall–Kier alpha value is -3.61. The van der Waals surface area contributed by atoms with Gasteiger partial charge < -0.3 is 9.42 Å². The average Bonchev–Trinajstić information content (AvgIpc) is 3.43. The standard InChI is InChI=1S/C21H17N5O2/c27-21(15-8-4-9-16-18(15)23-12-11-22-16)26-13-5-10-17(26)20-24-19(25-28-20)14-6-2-1-3-7-14/h1-4,6-9,11-12,17H,5,10,13H2/t17-/m1/s1. The molecule has 3 heterocycles. The Morgan fingerprint density at radius 1 is 1.04 bits per heavy atom. The van der Waals surface area contributed by atoms with Crippen molar-refractivity contribution in [2.24, 2.45) is 0 Å². The van der Waals surface area contributed by atoms with Crippen LogP contribution in [-0.2, 0) is 0 Å². The summed E-state index contributed by atoms with van der Waals surface area (Å²) in [4.78, 5) is 28.3. The third kappa shape index (κ3) is 2.81. The van der Waals surface area contributed by atoms with Gasteiger partial charge in [-0.2, -0.15) is 4.98 Å². The monoisotopic (exact) mass is 371 g/mol. The van der Waals surface area contributed by atoms with E-state index in [1.54, 1.807) is 23.4 Å². The van der Waals surface area contributed by atoms with Gasteiger partial charge in [0.15, 0.2) is 0 Å². The van der Waals surface area contributed by atoms with E-state index >= 15 is 0 Å². The summed E-state index contributed by atoms with van der Waals surface area (Å²) in [5.74, 6) is 0.912. The third-order valence-electron chi connectivity index (χ3n) is 5.00. The maximum atomic E-state index is 13.3. The van der Waals surface area contributed by atoms with Crippen LogP contribution in [0.3, 0.4) is 0 Å². The second kappa shape index (κ2) is 6.84. The molecule has 1 fully saturated rings. The van der Waals surface area contributed by atoms with E-state index in [0.29, 0.717) is 34.9 Å². The Labute approximate surface area is 161 Å². The largest absolute Gasteiger partial charge is 0.337 e. The highest BCUT2D eigenvalue weighted by Gasteiger charge is 2.35. The Bertz CT molecular complexity index is 1140. The van der Waals surface area contributed by atoms with E-state index in [-0.39, 0.29) is 11.9 Å². The van der Waals surface area contributed by atoms with Gasteiger partial charge in [0.2, 0.25) is 11.7 Å². The van der Waals surface area contributed by atoms with Crippen LogP contribution in [0.1, 0.15) is 35.1 Å². The van der Waals surface area contributed by atoms with E-state index in [4.69, 9.17) is 4.52 Å². The highest BCUT2D eigenvalue weighted by atomic mass is 16.5. The molecule has 0 unspecified atom stereocenters. The first kappa shape index (κ1) is 16.6. The molecule has 0 saturated carbocycles. The van der Waals surface area contributed by atoms with Gasteiger partial charge in [0.1, 0.15) is 11.6 Å². The van der Waals surface area contributed by atoms with Crippen LogP contribution in [-0.4, -0.2) is 37.5 Å². The molecule has 1 atom stereocenters. The van der Waals surface area contributed by atoms with Crippen LogP contribution >= 0.6 is 0 Å². The van der Waals surface area contributed by atoms with E-state index < -0.39 is 0 Å². The molecule has 0 radical (unpaired) electrons. The number of hydrogen-bond donors (Lipinski definition) is 0. The number of para-hydroxylation sites is 1. The first-order valence-corrected chi connectivity index (χ1v) is 9.21. The van der Waals surface area contributed by atoms with Gasteiger partial charge in [-0.1, -0.05) is 41.6 Å². The summed E-state index contributed by atoms with van der Waals surface area (Å²) < 4.78 is 5.52. The van der Waals surface area contributed by atoms with Crippen LogP contribution in [0.25, 0.3) is 22.4 Å². The summed E-state index contributed by atoms with van der Waals surface area (Å²) in [7, 11) is 0. The SMILES string of the molecule is O=C(c1cccc2nccnc12)N1CCC[C@@H]1c1nc(-c2ccccc2)no1. The van der Waals surface area contributed by atoms with Gasteiger partial charge in [-0.15, -0.1) is 0 Å².